The van der Waals surface area contributed by atoms with Crippen LogP contribution < -0.4 is 16.0 Å². The SMILES string of the molecule is CCCCCCCC/C=C\CCCCCCCC(=O)N[C@@H]1CCCC[C@H]1NC(=O)CCNC(=O)[C@@H](OC(C)=O)C(C)(C)COC(C)=O. The van der Waals surface area contributed by atoms with Crippen LogP contribution in [0.2, 0.25) is 0 Å². The van der Waals surface area contributed by atoms with E-state index >= 15 is 0 Å². The van der Waals surface area contributed by atoms with E-state index in [1.54, 1.807) is 13.8 Å². The van der Waals surface area contributed by atoms with Crippen molar-refractivity contribution in [2.75, 3.05) is 13.2 Å². The second kappa shape index (κ2) is 25.2. The fourth-order valence-electron chi connectivity index (χ4n) is 5.88. The van der Waals surface area contributed by atoms with E-state index in [2.05, 4.69) is 35.0 Å². The molecule has 0 aromatic rings. The molecule has 3 atom stereocenters. The molecule has 1 fully saturated rings. The molecule has 1 rings (SSSR count). The van der Waals surface area contributed by atoms with Crippen LogP contribution in [0.15, 0.2) is 12.2 Å². The van der Waals surface area contributed by atoms with Crippen molar-refractivity contribution in [1.82, 2.24) is 16.0 Å². The van der Waals surface area contributed by atoms with E-state index < -0.39 is 29.4 Å². The van der Waals surface area contributed by atoms with Gasteiger partial charge < -0.3 is 25.4 Å². The number of esters is 2. The highest BCUT2D eigenvalue weighted by atomic mass is 16.6. The van der Waals surface area contributed by atoms with Crippen molar-refractivity contribution in [3.05, 3.63) is 12.2 Å². The monoisotopic (exact) mass is 663 g/mol. The smallest absolute Gasteiger partial charge is 0.303 e. The molecule has 0 spiro atoms. The van der Waals surface area contributed by atoms with E-state index in [4.69, 9.17) is 9.47 Å². The lowest BCUT2D eigenvalue weighted by atomic mass is 9.86. The van der Waals surface area contributed by atoms with Gasteiger partial charge in [0.05, 0.1) is 0 Å². The van der Waals surface area contributed by atoms with Gasteiger partial charge in [0.1, 0.15) is 6.61 Å². The quantitative estimate of drug-likeness (QED) is 0.0568. The van der Waals surface area contributed by atoms with Gasteiger partial charge in [-0.1, -0.05) is 97.1 Å². The van der Waals surface area contributed by atoms with E-state index in [0.717, 1.165) is 51.4 Å². The molecule has 1 aliphatic rings. The largest absolute Gasteiger partial charge is 0.465 e. The van der Waals surface area contributed by atoms with Crippen molar-refractivity contribution in [2.45, 2.75) is 175 Å². The van der Waals surface area contributed by atoms with Gasteiger partial charge in [0.2, 0.25) is 11.8 Å². The van der Waals surface area contributed by atoms with Crippen molar-refractivity contribution in [1.29, 1.82) is 0 Å². The predicted molar refractivity (Wildman–Crippen MR) is 185 cm³/mol. The van der Waals surface area contributed by atoms with Crippen LogP contribution in [0.4, 0.5) is 0 Å². The van der Waals surface area contributed by atoms with E-state index in [1.807, 2.05) is 0 Å². The predicted octanol–water partition coefficient (Wildman–Crippen LogP) is 6.59. The van der Waals surface area contributed by atoms with Gasteiger partial charge in [0.15, 0.2) is 6.10 Å². The second-order valence-corrected chi connectivity index (χ2v) is 13.8. The molecule has 10 heteroatoms. The van der Waals surface area contributed by atoms with Crippen LogP contribution in [-0.2, 0) is 33.4 Å². The first kappa shape index (κ1) is 42.1. The van der Waals surface area contributed by atoms with Gasteiger partial charge in [0.25, 0.3) is 5.91 Å². The Balaban J connectivity index is 2.30. The molecule has 0 saturated heterocycles. The van der Waals surface area contributed by atoms with Gasteiger partial charge >= 0.3 is 11.9 Å². The average molecular weight is 664 g/mol. The van der Waals surface area contributed by atoms with E-state index in [1.165, 1.54) is 71.6 Å². The lowest BCUT2D eigenvalue weighted by molar-refractivity contribution is -0.166. The van der Waals surface area contributed by atoms with Gasteiger partial charge in [-0.2, -0.15) is 0 Å². The molecule has 0 bridgehead atoms. The number of nitrogens with one attached hydrogen (secondary N) is 3. The third-order valence-electron chi connectivity index (χ3n) is 8.65. The highest BCUT2D eigenvalue weighted by Crippen LogP contribution is 2.25. The van der Waals surface area contributed by atoms with Crippen LogP contribution in [0.3, 0.4) is 0 Å². The molecule has 3 N–H and O–H groups in total. The second-order valence-electron chi connectivity index (χ2n) is 13.8. The Morgan fingerprint density at radius 3 is 1.77 bits per heavy atom. The molecule has 0 unspecified atom stereocenters. The van der Waals surface area contributed by atoms with E-state index in [9.17, 15) is 24.0 Å². The van der Waals surface area contributed by atoms with Crippen molar-refractivity contribution in [3.63, 3.8) is 0 Å². The maximum atomic E-state index is 12.9. The van der Waals surface area contributed by atoms with Crippen LogP contribution in [0, 0.1) is 5.41 Å². The number of carbonyl (C=O) groups is 5. The first-order chi connectivity index (χ1) is 22.5. The summed E-state index contributed by atoms with van der Waals surface area (Å²) in [6, 6.07) is -0.255. The topological polar surface area (TPSA) is 140 Å². The highest BCUT2D eigenvalue weighted by Gasteiger charge is 2.39. The van der Waals surface area contributed by atoms with Crippen molar-refractivity contribution >= 4 is 29.7 Å². The molecule has 10 nitrogen and oxygen atoms in total. The maximum absolute atomic E-state index is 12.9. The van der Waals surface area contributed by atoms with Crippen molar-refractivity contribution in [2.24, 2.45) is 5.41 Å². The zero-order valence-corrected chi connectivity index (χ0v) is 30.1. The standard InChI is InChI=1S/C37H65N3O7/c1-6-7-8-9-10-11-12-13-14-15-16-17-18-19-20-25-33(43)39-31-23-21-22-24-32(31)40-34(44)26-27-38-36(45)35(47-30(3)42)37(4,5)28-46-29(2)41/h13-14,31-32,35H,6-12,15-28H2,1-5H3,(H,38,45)(H,39,43)(H,40,44)/b14-13-/t31-,32-,35-/m1/s1. The Bertz CT molecular complexity index is 966. The number of rotatable bonds is 25. The molecular weight excluding hydrogens is 598 g/mol. The maximum Gasteiger partial charge on any atom is 0.303 e. The summed E-state index contributed by atoms with van der Waals surface area (Å²) in [5.74, 6) is -1.90. The van der Waals surface area contributed by atoms with Crippen molar-refractivity contribution in [3.8, 4) is 0 Å². The molecule has 1 saturated carbocycles. The summed E-state index contributed by atoms with van der Waals surface area (Å²) in [5.41, 5.74) is -0.971. The molecule has 3 amide bonds. The Labute approximate surface area is 284 Å². The fraction of sp³-hybridized carbons (Fsp3) is 0.811. The van der Waals surface area contributed by atoms with Gasteiger partial charge in [-0.05, 0) is 44.9 Å². The first-order valence-corrected chi connectivity index (χ1v) is 18.3. The lowest BCUT2D eigenvalue weighted by Crippen LogP contribution is -2.53. The molecule has 270 valence electrons. The zero-order chi connectivity index (χ0) is 34.9. The first-order valence-electron chi connectivity index (χ1n) is 18.3. The molecule has 0 aliphatic heterocycles. The number of ether oxygens (including phenoxy) is 2. The van der Waals surface area contributed by atoms with Crippen molar-refractivity contribution < 1.29 is 33.4 Å². The van der Waals surface area contributed by atoms with Crippen LogP contribution in [-0.4, -0.2) is 61.0 Å². The summed E-state index contributed by atoms with van der Waals surface area (Å²) in [5, 5.41) is 8.86. The molecule has 0 aromatic carbocycles. The third kappa shape index (κ3) is 20.8. The number of allylic oxidation sites excluding steroid dienone is 2. The summed E-state index contributed by atoms with van der Waals surface area (Å²) >= 11 is 0. The summed E-state index contributed by atoms with van der Waals surface area (Å²) in [4.78, 5) is 61.2. The van der Waals surface area contributed by atoms with E-state index in [0.29, 0.717) is 6.42 Å². The van der Waals surface area contributed by atoms with Gasteiger partial charge in [-0.25, -0.2) is 0 Å². The van der Waals surface area contributed by atoms with Gasteiger partial charge in [0, 0.05) is 50.7 Å². The molecule has 1 aliphatic carbocycles. The van der Waals surface area contributed by atoms with Gasteiger partial charge in [-0.3, -0.25) is 24.0 Å². The van der Waals surface area contributed by atoms with E-state index in [-0.39, 0.29) is 43.5 Å². The minimum Gasteiger partial charge on any atom is -0.465 e. The molecule has 0 aromatic heterocycles. The van der Waals surface area contributed by atoms with Gasteiger partial charge in [-0.15, -0.1) is 0 Å². The fourth-order valence-corrected chi connectivity index (χ4v) is 5.88. The number of hydrogen-bond acceptors (Lipinski definition) is 7. The summed E-state index contributed by atoms with van der Waals surface area (Å²) in [6.45, 7) is 7.97. The average Bonchev–Trinajstić information content (AvgIpc) is 3.01. The third-order valence-corrected chi connectivity index (χ3v) is 8.65. The minimum atomic E-state index is -1.19. The highest BCUT2D eigenvalue weighted by molar-refractivity contribution is 5.85. The number of carbonyl (C=O) groups excluding carboxylic acids is 5. The Morgan fingerprint density at radius 1 is 0.723 bits per heavy atom. The Hall–Kier alpha value is -2.91. The summed E-state index contributed by atoms with van der Waals surface area (Å²) in [6.07, 6.45) is 23.4. The zero-order valence-electron chi connectivity index (χ0n) is 30.1. The van der Waals surface area contributed by atoms with Crippen LogP contribution in [0.1, 0.15) is 157 Å². The minimum absolute atomic E-state index is 0.0360. The molecule has 0 radical (unpaired) electrons. The number of unbranched alkanes of at least 4 members (excludes halogenated alkanes) is 11. The molecular formula is C37H65N3O7. The summed E-state index contributed by atoms with van der Waals surface area (Å²) in [7, 11) is 0. The Morgan fingerprint density at radius 2 is 1.23 bits per heavy atom. The van der Waals surface area contributed by atoms with Crippen LogP contribution >= 0.6 is 0 Å². The normalized spacial score (nSPS) is 17.1. The summed E-state index contributed by atoms with van der Waals surface area (Å²) < 4.78 is 10.3. The van der Waals surface area contributed by atoms with Crippen LogP contribution in [0.5, 0.6) is 0 Å². The van der Waals surface area contributed by atoms with Crippen LogP contribution in [0.25, 0.3) is 0 Å². The molecule has 47 heavy (non-hydrogen) atoms. The lowest BCUT2D eigenvalue weighted by Gasteiger charge is -2.33. The number of amides is 3. The Kier molecular flexibility index (Phi) is 22.5. The number of hydrogen-bond donors (Lipinski definition) is 3. The molecule has 0 heterocycles.